The van der Waals surface area contributed by atoms with Crippen molar-refractivity contribution in [1.82, 2.24) is 15.5 Å². The van der Waals surface area contributed by atoms with E-state index in [1.54, 1.807) is 0 Å². The average Bonchev–Trinajstić information content (AvgIpc) is 3.28. The van der Waals surface area contributed by atoms with Gasteiger partial charge in [-0.25, -0.2) is 4.98 Å². The Morgan fingerprint density at radius 1 is 1.44 bits per heavy atom. The molecule has 0 radical (unpaired) electrons. The zero-order valence-electron chi connectivity index (χ0n) is 15.6. The fourth-order valence-corrected chi connectivity index (χ4v) is 2.93. The summed E-state index contributed by atoms with van der Waals surface area (Å²) in [6, 6.07) is 1.98. The molecule has 6 nitrogen and oxygen atoms in total. The number of pyridine rings is 1. The van der Waals surface area contributed by atoms with Gasteiger partial charge in [0, 0.05) is 24.2 Å². The highest BCUT2D eigenvalue weighted by molar-refractivity contribution is 6.06. The Hall–Kier alpha value is -1.95. The van der Waals surface area contributed by atoms with Gasteiger partial charge in [0.15, 0.2) is 0 Å². The van der Waals surface area contributed by atoms with Gasteiger partial charge in [0.2, 0.25) is 0 Å². The van der Waals surface area contributed by atoms with Crippen LogP contribution in [0.25, 0.3) is 11.1 Å². The second-order valence-electron chi connectivity index (χ2n) is 8.44. The summed E-state index contributed by atoms with van der Waals surface area (Å²) >= 11 is 0. The predicted octanol–water partition coefficient (Wildman–Crippen LogP) is 3.16. The number of nitrogens with two attached hydrogens (primary N) is 1. The molecule has 3 rings (SSSR count). The maximum Gasteiger partial charge on any atom is 0.259 e. The van der Waals surface area contributed by atoms with Crippen molar-refractivity contribution in [3.63, 3.8) is 0 Å². The van der Waals surface area contributed by atoms with Crippen molar-refractivity contribution in [1.29, 1.82) is 0 Å². The van der Waals surface area contributed by atoms with Gasteiger partial charge in [0.25, 0.3) is 11.6 Å². The molecule has 1 atom stereocenters. The summed E-state index contributed by atoms with van der Waals surface area (Å²) in [5.74, 6) is 0.337. The van der Waals surface area contributed by atoms with Crippen molar-refractivity contribution >= 4 is 17.0 Å². The SMILES string of the molecule is CC(N)CCNC(=O)c1cc(C2CC2)nc2onc(CC(C)(C)C)c12. The molecule has 1 saturated carbocycles. The Balaban J connectivity index is 1.97. The van der Waals surface area contributed by atoms with E-state index in [4.69, 9.17) is 10.3 Å². The number of nitrogens with one attached hydrogen (secondary N) is 1. The maximum absolute atomic E-state index is 12.8. The molecule has 0 aromatic carbocycles. The summed E-state index contributed by atoms with van der Waals surface area (Å²) in [5.41, 5.74) is 8.64. The highest BCUT2D eigenvalue weighted by Gasteiger charge is 2.29. The third-order valence-corrected chi connectivity index (χ3v) is 4.36. The molecule has 2 aromatic heterocycles. The minimum Gasteiger partial charge on any atom is -0.352 e. The number of nitrogens with zero attached hydrogens (tertiary/aromatic N) is 2. The zero-order chi connectivity index (χ0) is 18.2. The number of hydrogen-bond donors (Lipinski definition) is 2. The van der Waals surface area contributed by atoms with E-state index >= 15 is 0 Å². The molecule has 2 aromatic rings. The van der Waals surface area contributed by atoms with Gasteiger partial charge in [-0.1, -0.05) is 25.9 Å². The summed E-state index contributed by atoms with van der Waals surface area (Å²) in [5, 5.41) is 7.94. The third-order valence-electron chi connectivity index (χ3n) is 4.36. The van der Waals surface area contributed by atoms with Gasteiger partial charge in [-0.05, 0) is 44.1 Å². The number of carbonyl (C=O) groups is 1. The Morgan fingerprint density at radius 3 is 2.76 bits per heavy atom. The van der Waals surface area contributed by atoms with E-state index in [1.807, 2.05) is 13.0 Å². The molecule has 1 fully saturated rings. The quantitative estimate of drug-likeness (QED) is 0.839. The van der Waals surface area contributed by atoms with E-state index < -0.39 is 0 Å². The molecule has 0 saturated heterocycles. The summed E-state index contributed by atoms with van der Waals surface area (Å²) in [6.07, 6.45) is 3.71. The lowest BCUT2D eigenvalue weighted by molar-refractivity contribution is 0.0954. The fraction of sp³-hybridized carbons (Fsp3) is 0.632. The monoisotopic (exact) mass is 344 g/mol. The highest BCUT2D eigenvalue weighted by atomic mass is 16.5. The second-order valence-corrected chi connectivity index (χ2v) is 8.44. The Morgan fingerprint density at radius 2 is 2.16 bits per heavy atom. The van der Waals surface area contributed by atoms with Gasteiger partial charge < -0.3 is 15.6 Å². The molecule has 0 bridgehead atoms. The van der Waals surface area contributed by atoms with E-state index in [-0.39, 0.29) is 17.4 Å². The van der Waals surface area contributed by atoms with Crippen LogP contribution in [-0.4, -0.2) is 28.6 Å². The molecule has 1 unspecified atom stereocenters. The maximum atomic E-state index is 12.8. The van der Waals surface area contributed by atoms with Crippen LogP contribution in [0.1, 0.15) is 74.6 Å². The Bertz CT molecular complexity index is 770. The van der Waals surface area contributed by atoms with E-state index in [2.05, 4.69) is 36.2 Å². The molecule has 0 aliphatic heterocycles. The molecule has 0 spiro atoms. The van der Waals surface area contributed by atoms with Gasteiger partial charge in [0.05, 0.1) is 16.6 Å². The van der Waals surface area contributed by atoms with Crippen molar-refractivity contribution in [3.05, 3.63) is 23.0 Å². The third kappa shape index (κ3) is 4.37. The lowest BCUT2D eigenvalue weighted by atomic mass is 9.89. The number of amides is 1. The van der Waals surface area contributed by atoms with Crippen molar-refractivity contribution in [2.45, 2.75) is 65.3 Å². The van der Waals surface area contributed by atoms with Crippen LogP contribution in [0.3, 0.4) is 0 Å². The van der Waals surface area contributed by atoms with Crippen molar-refractivity contribution < 1.29 is 9.32 Å². The van der Waals surface area contributed by atoms with Crippen LogP contribution in [0.4, 0.5) is 0 Å². The number of hydrogen-bond acceptors (Lipinski definition) is 5. The second kappa shape index (κ2) is 6.75. The van der Waals surface area contributed by atoms with E-state index in [9.17, 15) is 4.79 Å². The van der Waals surface area contributed by atoms with Crippen molar-refractivity contribution in [2.75, 3.05) is 6.54 Å². The Labute approximate surface area is 148 Å². The number of rotatable bonds is 6. The first-order valence-electron chi connectivity index (χ1n) is 9.07. The van der Waals surface area contributed by atoms with Crippen LogP contribution in [0, 0.1) is 5.41 Å². The van der Waals surface area contributed by atoms with E-state index in [0.29, 0.717) is 23.7 Å². The predicted molar refractivity (Wildman–Crippen MR) is 97.5 cm³/mol. The molecule has 6 heteroatoms. The molecule has 2 heterocycles. The van der Waals surface area contributed by atoms with Crippen LogP contribution >= 0.6 is 0 Å². The molecule has 1 amide bonds. The summed E-state index contributed by atoms with van der Waals surface area (Å²) in [7, 11) is 0. The highest BCUT2D eigenvalue weighted by Crippen LogP contribution is 2.40. The molecule has 1 aliphatic carbocycles. The van der Waals surface area contributed by atoms with Crippen LogP contribution < -0.4 is 11.1 Å². The summed E-state index contributed by atoms with van der Waals surface area (Å²) in [6.45, 7) is 8.91. The lowest BCUT2D eigenvalue weighted by Gasteiger charge is -2.16. The first-order valence-corrected chi connectivity index (χ1v) is 9.07. The van der Waals surface area contributed by atoms with Gasteiger partial charge in [0.1, 0.15) is 0 Å². The average molecular weight is 344 g/mol. The van der Waals surface area contributed by atoms with E-state index in [0.717, 1.165) is 42.5 Å². The van der Waals surface area contributed by atoms with Crippen LogP contribution in [0.2, 0.25) is 0 Å². The molecule has 3 N–H and O–H groups in total. The van der Waals surface area contributed by atoms with Crippen LogP contribution in [-0.2, 0) is 6.42 Å². The van der Waals surface area contributed by atoms with E-state index in [1.165, 1.54) is 0 Å². The van der Waals surface area contributed by atoms with Crippen LogP contribution in [0.15, 0.2) is 10.6 Å². The van der Waals surface area contributed by atoms with Gasteiger partial charge in [-0.2, -0.15) is 0 Å². The number of carbonyl (C=O) groups excluding carboxylic acids is 1. The van der Waals surface area contributed by atoms with Gasteiger partial charge in [-0.15, -0.1) is 0 Å². The van der Waals surface area contributed by atoms with Crippen LogP contribution in [0.5, 0.6) is 0 Å². The largest absolute Gasteiger partial charge is 0.352 e. The number of aromatic nitrogens is 2. The minimum absolute atomic E-state index is 0.0433. The summed E-state index contributed by atoms with van der Waals surface area (Å²) in [4.78, 5) is 17.4. The molecule has 25 heavy (non-hydrogen) atoms. The lowest BCUT2D eigenvalue weighted by Crippen LogP contribution is -2.29. The smallest absolute Gasteiger partial charge is 0.259 e. The molecule has 136 valence electrons. The molecule has 1 aliphatic rings. The van der Waals surface area contributed by atoms with Gasteiger partial charge in [-0.3, -0.25) is 4.79 Å². The van der Waals surface area contributed by atoms with Gasteiger partial charge >= 0.3 is 0 Å². The van der Waals surface area contributed by atoms with Crippen molar-refractivity contribution in [3.8, 4) is 0 Å². The molecular weight excluding hydrogens is 316 g/mol. The first-order chi connectivity index (χ1) is 11.7. The number of fused-ring (bicyclic) bond motifs is 1. The molecular formula is C19H28N4O2. The Kier molecular flexibility index (Phi) is 4.82. The standard InChI is InChI=1S/C19H28N4O2/c1-11(20)7-8-21-17(24)13-9-14(12-5-6-12)22-18-16(13)15(23-25-18)10-19(2,3)4/h9,11-12H,5-8,10,20H2,1-4H3,(H,21,24). The zero-order valence-corrected chi connectivity index (χ0v) is 15.6. The summed E-state index contributed by atoms with van der Waals surface area (Å²) < 4.78 is 5.49. The fourth-order valence-electron chi connectivity index (χ4n) is 2.93. The van der Waals surface area contributed by atoms with Crippen molar-refractivity contribution in [2.24, 2.45) is 11.1 Å². The topological polar surface area (TPSA) is 94.0 Å². The minimum atomic E-state index is -0.103. The first kappa shape index (κ1) is 17.9. The normalized spacial score (nSPS) is 16.2.